The zero-order valence-electron chi connectivity index (χ0n) is 10.1. The summed E-state index contributed by atoms with van der Waals surface area (Å²) in [6, 6.07) is 6.10. The fraction of sp³-hybridized carbons (Fsp3) is 0.417. The molecular formula is C12H15NO4S. The number of carboxylic acid groups (broad SMARTS) is 1. The summed E-state index contributed by atoms with van der Waals surface area (Å²) in [5.74, 6) is -1.32. The average molecular weight is 269 g/mol. The molecule has 0 amide bonds. The van der Waals surface area contributed by atoms with E-state index >= 15 is 0 Å². The van der Waals surface area contributed by atoms with Gasteiger partial charge in [-0.2, -0.15) is 0 Å². The zero-order chi connectivity index (χ0) is 13.7. The highest BCUT2D eigenvalue weighted by molar-refractivity contribution is 7.89. The summed E-state index contributed by atoms with van der Waals surface area (Å²) in [6.45, 7) is 3.79. The first-order valence-corrected chi connectivity index (χ1v) is 7.06. The number of rotatable bonds is 3. The van der Waals surface area contributed by atoms with E-state index < -0.39 is 21.9 Å². The second-order valence-electron chi connectivity index (χ2n) is 5.23. The predicted molar refractivity (Wildman–Crippen MR) is 65.5 cm³/mol. The molecular weight excluding hydrogens is 254 g/mol. The second kappa shape index (κ2) is 3.80. The third-order valence-electron chi connectivity index (χ3n) is 3.66. The Hall–Kier alpha value is -1.40. The standard InChI is InChI=1S/C12H15NO4S/c1-12(2)9(10(12)11(14)15)7-3-5-8(6-4-7)18(13,16)17/h3-6,9-10H,1-2H3,(H,14,15)(H2,13,16,17). The number of hydrogen-bond acceptors (Lipinski definition) is 3. The Balaban J connectivity index is 2.30. The molecule has 0 aliphatic heterocycles. The van der Waals surface area contributed by atoms with Crippen molar-refractivity contribution in [3.63, 3.8) is 0 Å². The normalized spacial score (nSPS) is 25.7. The zero-order valence-corrected chi connectivity index (χ0v) is 10.9. The van der Waals surface area contributed by atoms with E-state index in [9.17, 15) is 13.2 Å². The molecule has 6 heteroatoms. The highest BCUT2D eigenvalue weighted by Crippen LogP contribution is 2.64. The van der Waals surface area contributed by atoms with E-state index in [2.05, 4.69) is 0 Å². The molecule has 0 radical (unpaired) electrons. The van der Waals surface area contributed by atoms with E-state index in [-0.39, 0.29) is 16.2 Å². The smallest absolute Gasteiger partial charge is 0.307 e. The molecule has 0 saturated heterocycles. The second-order valence-corrected chi connectivity index (χ2v) is 6.79. The van der Waals surface area contributed by atoms with Gasteiger partial charge in [-0.25, -0.2) is 13.6 Å². The molecule has 1 aliphatic rings. The first-order chi connectivity index (χ1) is 8.15. The molecule has 1 saturated carbocycles. The van der Waals surface area contributed by atoms with Crippen LogP contribution in [0.15, 0.2) is 29.2 Å². The van der Waals surface area contributed by atoms with Gasteiger partial charge in [-0.1, -0.05) is 26.0 Å². The molecule has 3 N–H and O–H groups in total. The Bertz CT molecular complexity index is 589. The first-order valence-electron chi connectivity index (χ1n) is 5.51. The monoisotopic (exact) mass is 269 g/mol. The van der Waals surface area contributed by atoms with Gasteiger partial charge in [0.05, 0.1) is 10.8 Å². The Kier molecular flexibility index (Phi) is 2.75. The van der Waals surface area contributed by atoms with Crippen LogP contribution >= 0.6 is 0 Å². The molecule has 0 bridgehead atoms. The molecule has 18 heavy (non-hydrogen) atoms. The number of aliphatic carboxylic acids is 1. The summed E-state index contributed by atoms with van der Waals surface area (Å²) in [5, 5.41) is 14.1. The minimum absolute atomic E-state index is 0.0385. The maximum Gasteiger partial charge on any atom is 0.307 e. The van der Waals surface area contributed by atoms with Crippen molar-refractivity contribution < 1.29 is 18.3 Å². The molecule has 1 aromatic carbocycles. The minimum atomic E-state index is -3.70. The van der Waals surface area contributed by atoms with Crippen LogP contribution in [-0.2, 0) is 14.8 Å². The number of hydrogen-bond donors (Lipinski definition) is 2. The van der Waals surface area contributed by atoms with Crippen LogP contribution < -0.4 is 5.14 Å². The predicted octanol–water partition coefficient (Wildman–Crippen LogP) is 1.16. The van der Waals surface area contributed by atoms with Crippen molar-refractivity contribution in [2.45, 2.75) is 24.7 Å². The van der Waals surface area contributed by atoms with Crippen LogP contribution in [0.5, 0.6) is 0 Å². The summed E-state index contributed by atoms with van der Waals surface area (Å²) < 4.78 is 22.2. The van der Waals surface area contributed by atoms with Crippen molar-refractivity contribution in [2.75, 3.05) is 0 Å². The van der Waals surface area contributed by atoms with Crippen molar-refractivity contribution in [1.29, 1.82) is 0 Å². The molecule has 2 rings (SSSR count). The Morgan fingerprint density at radius 3 is 2.11 bits per heavy atom. The van der Waals surface area contributed by atoms with Gasteiger partial charge in [0.15, 0.2) is 0 Å². The van der Waals surface area contributed by atoms with Crippen molar-refractivity contribution in [2.24, 2.45) is 16.5 Å². The van der Waals surface area contributed by atoms with Gasteiger partial charge in [-0.05, 0) is 23.1 Å². The Morgan fingerprint density at radius 2 is 1.78 bits per heavy atom. The van der Waals surface area contributed by atoms with Crippen LogP contribution in [0.3, 0.4) is 0 Å². The van der Waals surface area contributed by atoms with E-state index in [0.717, 1.165) is 5.56 Å². The Labute approximate surface area is 106 Å². The van der Waals surface area contributed by atoms with Crippen LogP contribution in [0, 0.1) is 11.3 Å². The lowest BCUT2D eigenvalue weighted by Crippen LogP contribution is -2.11. The van der Waals surface area contributed by atoms with Gasteiger partial charge < -0.3 is 5.11 Å². The summed E-state index contributed by atoms with van der Waals surface area (Å²) in [5.41, 5.74) is 0.536. The van der Waals surface area contributed by atoms with Crippen LogP contribution in [-0.4, -0.2) is 19.5 Å². The number of primary sulfonamides is 1. The number of carbonyl (C=O) groups is 1. The molecule has 2 atom stereocenters. The van der Waals surface area contributed by atoms with E-state index in [1.54, 1.807) is 12.1 Å². The van der Waals surface area contributed by atoms with Crippen molar-refractivity contribution in [3.8, 4) is 0 Å². The summed E-state index contributed by atoms with van der Waals surface area (Å²) in [6.07, 6.45) is 0. The highest BCUT2D eigenvalue weighted by Gasteiger charge is 2.62. The summed E-state index contributed by atoms with van der Waals surface area (Å²) in [4.78, 5) is 11.1. The van der Waals surface area contributed by atoms with Gasteiger partial charge in [-0.3, -0.25) is 4.79 Å². The van der Waals surface area contributed by atoms with Crippen LogP contribution in [0.4, 0.5) is 0 Å². The molecule has 1 aromatic rings. The van der Waals surface area contributed by atoms with E-state index in [0.29, 0.717) is 0 Å². The molecule has 1 fully saturated rings. The third kappa shape index (κ3) is 2.02. The summed E-state index contributed by atoms with van der Waals surface area (Å²) >= 11 is 0. The van der Waals surface area contributed by atoms with Gasteiger partial charge in [0.2, 0.25) is 10.0 Å². The molecule has 0 heterocycles. The number of nitrogens with two attached hydrogens (primary N) is 1. The van der Waals surface area contributed by atoms with Crippen molar-refractivity contribution in [1.82, 2.24) is 0 Å². The lowest BCUT2D eigenvalue weighted by atomic mass is 10.0. The van der Waals surface area contributed by atoms with Gasteiger partial charge in [-0.15, -0.1) is 0 Å². The SMILES string of the molecule is CC1(C)C(C(=O)O)C1c1ccc(S(N)(=O)=O)cc1. The fourth-order valence-corrected chi connectivity index (χ4v) is 3.10. The van der Waals surface area contributed by atoms with Gasteiger partial charge in [0.25, 0.3) is 0 Å². The lowest BCUT2D eigenvalue weighted by Gasteiger charge is -2.04. The lowest BCUT2D eigenvalue weighted by molar-refractivity contribution is -0.139. The van der Waals surface area contributed by atoms with Gasteiger partial charge in [0.1, 0.15) is 0 Å². The minimum Gasteiger partial charge on any atom is -0.481 e. The average Bonchev–Trinajstić information content (AvgIpc) is 2.80. The van der Waals surface area contributed by atoms with Crippen molar-refractivity contribution in [3.05, 3.63) is 29.8 Å². The maximum atomic E-state index is 11.1. The molecule has 0 spiro atoms. The Morgan fingerprint density at radius 1 is 1.28 bits per heavy atom. The molecule has 98 valence electrons. The van der Waals surface area contributed by atoms with Crippen LogP contribution in [0.1, 0.15) is 25.3 Å². The number of sulfonamides is 1. The van der Waals surface area contributed by atoms with Crippen molar-refractivity contribution >= 4 is 16.0 Å². The largest absolute Gasteiger partial charge is 0.481 e. The molecule has 2 unspecified atom stereocenters. The first kappa shape index (κ1) is 13.0. The highest BCUT2D eigenvalue weighted by atomic mass is 32.2. The topological polar surface area (TPSA) is 97.5 Å². The molecule has 1 aliphatic carbocycles. The fourth-order valence-electron chi connectivity index (χ4n) is 2.59. The van der Waals surface area contributed by atoms with Crippen LogP contribution in [0.2, 0.25) is 0 Å². The number of benzene rings is 1. The van der Waals surface area contributed by atoms with Gasteiger partial charge in [0, 0.05) is 5.92 Å². The third-order valence-corrected chi connectivity index (χ3v) is 4.59. The quantitative estimate of drug-likeness (QED) is 0.860. The van der Waals surface area contributed by atoms with Crippen LogP contribution in [0.25, 0.3) is 0 Å². The van der Waals surface area contributed by atoms with E-state index in [1.807, 2.05) is 13.8 Å². The number of carboxylic acids is 1. The van der Waals surface area contributed by atoms with Gasteiger partial charge >= 0.3 is 5.97 Å². The molecule has 0 aromatic heterocycles. The van der Waals surface area contributed by atoms with E-state index in [4.69, 9.17) is 10.2 Å². The summed E-state index contributed by atoms with van der Waals surface area (Å²) in [7, 11) is -3.70. The van der Waals surface area contributed by atoms with E-state index in [1.165, 1.54) is 12.1 Å². The molecule has 5 nitrogen and oxygen atoms in total. The maximum absolute atomic E-state index is 11.1.